The van der Waals surface area contributed by atoms with Gasteiger partial charge in [0.05, 0.1) is 22.7 Å². The minimum Gasteiger partial charge on any atom is -0.335 e. The second-order valence-electron chi connectivity index (χ2n) is 7.53. The quantitative estimate of drug-likeness (QED) is 0.496. The summed E-state index contributed by atoms with van der Waals surface area (Å²) in [6.45, 7) is 4.27. The van der Waals surface area contributed by atoms with E-state index in [9.17, 15) is 14.4 Å². The van der Waals surface area contributed by atoms with Crippen molar-refractivity contribution in [1.82, 2.24) is 34.2 Å². The molecule has 0 saturated heterocycles. The van der Waals surface area contributed by atoms with Crippen LogP contribution in [0.1, 0.15) is 42.2 Å². The molecule has 1 amide bonds. The lowest BCUT2D eigenvalue weighted by molar-refractivity contribution is 0.0742. The van der Waals surface area contributed by atoms with Crippen molar-refractivity contribution in [2.24, 2.45) is 0 Å². The third-order valence-electron chi connectivity index (χ3n) is 5.49. The Morgan fingerprint density at radius 2 is 1.97 bits per heavy atom. The van der Waals surface area contributed by atoms with Crippen LogP contribution in [0.2, 0.25) is 0 Å². The molecule has 4 aromatic rings. The van der Waals surface area contributed by atoms with Crippen molar-refractivity contribution >= 4 is 16.9 Å². The van der Waals surface area contributed by atoms with Crippen LogP contribution in [-0.4, -0.2) is 47.2 Å². The molecule has 10 nitrogen and oxygen atoms in total. The van der Waals surface area contributed by atoms with Gasteiger partial charge in [-0.3, -0.25) is 19.1 Å². The number of nitrogens with zero attached hydrogens (tertiary/aromatic N) is 6. The number of hydrogen-bond donors (Lipinski definition) is 1. The summed E-state index contributed by atoms with van der Waals surface area (Å²) in [4.78, 5) is 49.7. The summed E-state index contributed by atoms with van der Waals surface area (Å²) in [6.07, 6.45) is 5.20. The lowest BCUT2D eigenvalue weighted by Gasteiger charge is -2.25. The van der Waals surface area contributed by atoms with E-state index in [-0.39, 0.29) is 28.5 Å². The number of nitrogens with one attached hydrogen (secondary N) is 1. The van der Waals surface area contributed by atoms with Crippen LogP contribution in [0.4, 0.5) is 0 Å². The summed E-state index contributed by atoms with van der Waals surface area (Å²) in [5.41, 5.74) is 1.29. The fourth-order valence-corrected chi connectivity index (χ4v) is 3.57. The normalized spacial score (nSPS) is 12.1. The molecule has 0 fully saturated rings. The largest absolute Gasteiger partial charge is 0.335 e. The molecule has 0 saturated carbocycles. The Morgan fingerprint density at radius 1 is 1.22 bits per heavy atom. The van der Waals surface area contributed by atoms with E-state index in [4.69, 9.17) is 0 Å². The molecule has 0 radical (unpaired) electrons. The Balaban J connectivity index is 1.62. The predicted molar refractivity (Wildman–Crippen MR) is 119 cm³/mol. The van der Waals surface area contributed by atoms with Gasteiger partial charge in [0.2, 0.25) is 0 Å². The predicted octanol–water partition coefficient (Wildman–Crippen LogP) is 1.91. The molecule has 1 atom stereocenters. The highest BCUT2D eigenvalue weighted by molar-refractivity contribution is 5.96. The van der Waals surface area contributed by atoms with Crippen molar-refractivity contribution in [3.05, 3.63) is 81.1 Å². The molecular weight excluding hydrogens is 410 g/mol. The van der Waals surface area contributed by atoms with E-state index >= 15 is 0 Å². The van der Waals surface area contributed by atoms with Crippen molar-refractivity contribution in [2.45, 2.75) is 32.9 Å². The number of aromatic nitrogens is 6. The average Bonchev–Trinajstić information content (AvgIpc) is 3.35. The molecule has 3 heterocycles. The Bertz CT molecular complexity index is 1370. The summed E-state index contributed by atoms with van der Waals surface area (Å²) >= 11 is 0. The summed E-state index contributed by atoms with van der Waals surface area (Å²) in [5.74, 6) is -0.278. The Morgan fingerprint density at radius 3 is 2.62 bits per heavy atom. The highest BCUT2D eigenvalue weighted by atomic mass is 16.2. The van der Waals surface area contributed by atoms with Gasteiger partial charge in [0.1, 0.15) is 18.3 Å². The van der Waals surface area contributed by atoms with Crippen LogP contribution in [0, 0.1) is 0 Å². The molecule has 3 aromatic heterocycles. The summed E-state index contributed by atoms with van der Waals surface area (Å²) < 4.78 is 3.06. The summed E-state index contributed by atoms with van der Waals surface area (Å²) in [7, 11) is 1.70. The number of carbonyl (C=O) groups excluding carboxylic acids is 1. The van der Waals surface area contributed by atoms with Crippen molar-refractivity contribution < 1.29 is 4.79 Å². The zero-order valence-corrected chi connectivity index (χ0v) is 18.0. The van der Waals surface area contributed by atoms with Gasteiger partial charge in [0, 0.05) is 19.8 Å². The lowest BCUT2D eigenvalue weighted by atomic mass is 10.1. The van der Waals surface area contributed by atoms with Crippen LogP contribution in [0.3, 0.4) is 0 Å². The van der Waals surface area contributed by atoms with Gasteiger partial charge in [0.25, 0.3) is 11.5 Å². The zero-order valence-electron chi connectivity index (χ0n) is 18.0. The van der Waals surface area contributed by atoms with Crippen molar-refractivity contribution in [3.8, 4) is 5.69 Å². The highest BCUT2D eigenvalue weighted by Gasteiger charge is 2.21. The third kappa shape index (κ3) is 3.82. The molecule has 4 rings (SSSR count). The second kappa shape index (κ2) is 8.58. The molecule has 1 N–H and O–H groups in total. The van der Waals surface area contributed by atoms with Crippen molar-refractivity contribution in [2.75, 3.05) is 7.05 Å². The minimum absolute atomic E-state index is 0.210. The number of rotatable bonds is 6. The number of pyridine rings is 1. The van der Waals surface area contributed by atoms with Crippen LogP contribution in [-0.2, 0) is 6.54 Å². The first kappa shape index (κ1) is 21.2. The van der Waals surface area contributed by atoms with Crippen LogP contribution in [0.15, 0.2) is 58.8 Å². The molecule has 32 heavy (non-hydrogen) atoms. The molecule has 0 bridgehead atoms. The lowest BCUT2D eigenvalue weighted by Crippen LogP contribution is -2.32. The average molecular weight is 433 g/mol. The molecule has 1 unspecified atom stereocenters. The number of carbonyl (C=O) groups is 1. The summed E-state index contributed by atoms with van der Waals surface area (Å²) in [6, 6.07) is 8.93. The van der Waals surface area contributed by atoms with Crippen molar-refractivity contribution in [1.29, 1.82) is 0 Å². The van der Waals surface area contributed by atoms with Crippen LogP contribution < -0.4 is 11.2 Å². The molecular formula is C22H23N7O3. The van der Waals surface area contributed by atoms with Gasteiger partial charge in [-0.25, -0.2) is 19.4 Å². The van der Waals surface area contributed by atoms with Gasteiger partial charge in [0.15, 0.2) is 0 Å². The van der Waals surface area contributed by atoms with E-state index in [2.05, 4.69) is 20.1 Å². The number of H-pyrrole nitrogens is 1. The number of fused-ring (bicyclic) bond motifs is 1. The molecule has 0 aliphatic heterocycles. The Kier molecular flexibility index (Phi) is 5.67. The van der Waals surface area contributed by atoms with Crippen LogP contribution in [0.25, 0.3) is 16.7 Å². The number of benzene rings is 1. The standard InChI is InChI=1S/C22H23N7O3/c1-4-9-28-19-18(20(30)26-22(28)32)10-16(11-24-19)21(31)27(3)14(2)15-5-7-17(8-6-15)29-13-23-12-25-29/h5-8,10-14H,4,9H2,1-3H3,(H,26,30,32). The second-order valence-corrected chi connectivity index (χ2v) is 7.53. The van der Waals surface area contributed by atoms with Gasteiger partial charge in [-0.05, 0) is 37.1 Å². The van der Waals surface area contributed by atoms with E-state index < -0.39 is 11.2 Å². The maximum atomic E-state index is 13.1. The SMILES string of the molecule is CCCn1c(=O)[nH]c(=O)c2cc(C(=O)N(C)C(C)c3ccc(-n4cncn4)cc3)cnc21. The molecule has 1 aromatic carbocycles. The number of amides is 1. The van der Waals surface area contributed by atoms with Crippen LogP contribution >= 0.6 is 0 Å². The zero-order chi connectivity index (χ0) is 22.8. The molecule has 0 spiro atoms. The maximum Gasteiger partial charge on any atom is 0.329 e. The fourth-order valence-electron chi connectivity index (χ4n) is 3.57. The Hall–Kier alpha value is -4.08. The maximum absolute atomic E-state index is 13.1. The van der Waals surface area contributed by atoms with E-state index in [1.54, 1.807) is 23.0 Å². The number of hydrogen-bond acceptors (Lipinski definition) is 6. The minimum atomic E-state index is -0.557. The monoisotopic (exact) mass is 433 g/mol. The van der Waals surface area contributed by atoms with E-state index in [0.29, 0.717) is 13.0 Å². The van der Waals surface area contributed by atoms with Crippen molar-refractivity contribution in [3.63, 3.8) is 0 Å². The smallest absolute Gasteiger partial charge is 0.329 e. The van der Waals surface area contributed by atoms with Crippen LogP contribution in [0.5, 0.6) is 0 Å². The van der Waals surface area contributed by atoms with Gasteiger partial charge in [-0.15, -0.1) is 0 Å². The number of aromatic amines is 1. The molecule has 10 heteroatoms. The van der Waals surface area contributed by atoms with Gasteiger partial charge in [-0.2, -0.15) is 5.10 Å². The molecule has 0 aliphatic rings. The van der Waals surface area contributed by atoms with Gasteiger partial charge in [-0.1, -0.05) is 19.1 Å². The van der Waals surface area contributed by atoms with E-state index in [1.807, 2.05) is 38.1 Å². The number of aryl methyl sites for hydroxylation is 1. The topological polar surface area (TPSA) is 119 Å². The first-order chi connectivity index (χ1) is 15.4. The first-order valence-electron chi connectivity index (χ1n) is 10.3. The highest BCUT2D eigenvalue weighted by Crippen LogP contribution is 2.22. The molecule has 164 valence electrons. The Labute approximate surface area is 183 Å². The third-order valence-corrected chi connectivity index (χ3v) is 5.49. The summed E-state index contributed by atoms with van der Waals surface area (Å²) in [5, 5.41) is 4.31. The van der Waals surface area contributed by atoms with E-state index in [1.165, 1.54) is 23.2 Å². The fraction of sp³-hybridized carbons (Fsp3) is 0.273. The van der Waals surface area contributed by atoms with Gasteiger partial charge >= 0.3 is 5.69 Å². The first-order valence-corrected chi connectivity index (χ1v) is 10.3. The molecule has 0 aliphatic carbocycles. The van der Waals surface area contributed by atoms with E-state index in [0.717, 1.165) is 11.3 Å². The van der Waals surface area contributed by atoms with Gasteiger partial charge < -0.3 is 4.90 Å².